The fourth-order valence-electron chi connectivity index (χ4n) is 3.17. The second-order valence-corrected chi connectivity index (χ2v) is 7.85. The van der Waals surface area contributed by atoms with Gasteiger partial charge in [0.2, 0.25) is 5.91 Å². The number of Topliss-reactive ketones (excluding diaryl/α,β-unsaturated/α-hetero) is 1. The number of rotatable bonds is 10. The third-order valence-electron chi connectivity index (χ3n) is 4.98. The molecule has 0 aliphatic carbocycles. The topological polar surface area (TPSA) is 133 Å². The molecule has 0 aliphatic heterocycles. The Morgan fingerprint density at radius 1 is 1.03 bits per heavy atom. The highest BCUT2D eigenvalue weighted by molar-refractivity contribution is 7.59. The molecule has 9 nitrogen and oxygen atoms in total. The summed E-state index contributed by atoms with van der Waals surface area (Å²) in [5, 5.41) is 5.05. The first-order valence-electron chi connectivity index (χ1n) is 10.3. The Morgan fingerprint density at radius 2 is 1.64 bits per heavy atom. The summed E-state index contributed by atoms with van der Waals surface area (Å²) in [6, 6.07) is 11.8. The Labute approximate surface area is 194 Å². The Kier molecular flexibility index (Phi) is 12.0. The van der Waals surface area contributed by atoms with Gasteiger partial charge in [0.1, 0.15) is 5.78 Å². The van der Waals surface area contributed by atoms with E-state index in [1.165, 1.54) is 14.0 Å². The minimum Gasteiger partial charge on any atom is -0.464 e. The first-order chi connectivity index (χ1) is 15.6. The maximum Gasteiger partial charge on any atom is 0.425 e. The van der Waals surface area contributed by atoms with Gasteiger partial charge >= 0.3 is 16.6 Å². The van der Waals surface area contributed by atoms with E-state index in [0.29, 0.717) is 19.3 Å². The number of anilines is 1. The minimum absolute atomic E-state index is 0.0220. The summed E-state index contributed by atoms with van der Waals surface area (Å²) in [6.45, 7) is 5.20. The Hall–Kier alpha value is -3.11. The van der Waals surface area contributed by atoms with E-state index >= 15 is 0 Å². The van der Waals surface area contributed by atoms with Crippen molar-refractivity contribution < 1.29 is 36.5 Å². The molecule has 0 saturated heterocycles. The van der Waals surface area contributed by atoms with E-state index in [0.717, 1.165) is 22.0 Å². The predicted molar refractivity (Wildman–Crippen MR) is 122 cm³/mol. The number of methoxy groups -OCH3 is 1. The van der Waals surface area contributed by atoms with Gasteiger partial charge in [0.15, 0.2) is 6.10 Å². The average molecular weight is 480 g/mol. The number of aryl methyl sites for hydroxylation is 1. The molecule has 0 bridgehead atoms. The van der Waals surface area contributed by atoms with Crippen LogP contribution in [-0.2, 0) is 34.5 Å². The number of hydrogen-bond acceptors (Lipinski definition) is 8. The molecule has 0 heterocycles. The van der Waals surface area contributed by atoms with Crippen LogP contribution in [0.2, 0.25) is 0 Å². The normalized spacial score (nSPS) is 12.1. The first kappa shape index (κ1) is 27.9. The van der Waals surface area contributed by atoms with Crippen LogP contribution < -0.4 is 5.32 Å². The maximum absolute atomic E-state index is 13.0. The van der Waals surface area contributed by atoms with Crippen molar-refractivity contribution in [3.8, 4) is 0 Å². The second kappa shape index (κ2) is 14.1. The monoisotopic (exact) mass is 479 g/mol. The van der Waals surface area contributed by atoms with E-state index in [-0.39, 0.29) is 18.3 Å². The lowest BCUT2D eigenvalue weighted by Crippen LogP contribution is -2.27. The number of ketones is 1. The number of hydrogen-bond donors (Lipinski definition) is 1. The highest BCUT2D eigenvalue weighted by Crippen LogP contribution is 2.27. The summed E-state index contributed by atoms with van der Waals surface area (Å²) in [5.74, 6) is -1.07. The van der Waals surface area contributed by atoms with Crippen LogP contribution in [0.25, 0.3) is 10.8 Å². The summed E-state index contributed by atoms with van der Waals surface area (Å²) in [7, 11) is -1.68. The van der Waals surface area contributed by atoms with Crippen LogP contribution in [0.15, 0.2) is 36.4 Å². The summed E-state index contributed by atoms with van der Waals surface area (Å²) >= 11 is 0. The van der Waals surface area contributed by atoms with Gasteiger partial charge in [-0.2, -0.15) is 0 Å². The maximum atomic E-state index is 13.0. The zero-order chi connectivity index (χ0) is 25.0. The summed E-state index contributed by atoms with van der Waals surface area (Å²) < 4.78 is 35.5. The quantitative estimate of drug-likeness (QED) is 0.514. The lowest BCUT2D eigenvalue weighted by atomic mass is 9.96. The van der Waals surface area contributed by atoms with Crippen molar-refractivity contribution in [3.05, 3.63) is 42.0 Å². The van der Waals surface area contributed by atoms with Gasteiger partial charge in [-0.3, -0.25) is 4.79 Å². The van der Waals surface area contributed by atoms with E-state index in [1.807, 2.05) is 43.3 Å². The highest BCUT2D eigenvalue weighted by Gasteiger charge is 2.22. The van der Waals surface area contributed by atoms with Gasteiger partial charge in [0.05, 0.1) is 6.61 Å². The summed E-state index contributed by atoms with van der Waals surface area (Å²) in [6.07, 6.45) is 0.390. The average Bonchev–Trinajstić information content (AvgIpc) is 2.74. The van der Waals surface area contributed by atoms with Crippen molar-refractivity contribution in [2.45, 2.75) is 46.1 Å². The Balaban J connectivity index is 0.00000125. The lowest BCUT2D eigenvalue weighted by molar-refractivity contribution is -0.155. The molecule has 2 atom stereocenters. The SMILES string of the molecule is COC(C)C(=O)OCCC(CCC(C)=O)C(=O)Nc1cccc2cccc(C)c12.O=S(=O)=O. The first-order valence-corrected chi connectivity index (χ1v) is 11.3. The molecule has 0 aromatic heterocycles. The molecule has 2 aromatic rings. The van der Waals surface area contributed by atoms with Crippen molar-refractivity contribution in [3.63, 3.8) is 0 Å². The van der Waals surface area contributed by atoms with E-state index in [1.54, 1.807) is 6.92 Å². The van der Waals surface area contributed by atoms with Gasteiger partial charge in [-0.15, -0.1) is 12.6 Å². The number of nitrogens with one attached hydrogen (secondary N) is 1. The fraction of sp³-hybridized carbons (Fsp3) is 0.435. The summed E-state index contributed by atoms with van der Waals surface area (Å²) in [4.78, 5) is 36.1. The molecule has 0 radical (unpaired) electrons. The third-order valence-corrected chi connectivity index (χ3v) is 4.98. The highest BCUT2D eigenvalue weighted by atomic mass is 32.2. The van der Waals surface area contributed by atoms with E-state index in [9.17, 15) is 14.4 Å². The number of fused-ring (bicyclic) bond motifs is 1. The number of carbonyl (C=O) groups is 3. The molecule has 1 amide bonds. The van der Waals surface area contributed by atoms with Gasteiger partial charge in [-0.05, 0) is 50.6 Å². The molecular formula is C23H29NO8S. The van der Waals surface area contributed by atoms with Crippen LogP contribution in [0.4, 0.5) is 5.69 Å². The molecule has 10 heteroatoms. The van der Waals surface area contributed by atoms with Crippen LogP contribution in [0.1, 0.15) is 38.7 Å². The van der Waals surface area contributed by atoms with Crippen molar-refractivity contribution in [2.24, 2.45) is 5.92 Å². The molecule has 0 saturated carbocycles. The molecule has 0 spiro atoms. The molecule has 180 valence electrons. The number of esters is 1. The number of carbonyl (C=O) groups excluding carboxylic acids is 3. The van der Waals surface area contributed by atoms with Crippen LogP contribution >= 0.6 is 0 Å². The molecule has 2 rings (SSSR count). The van der Waals surface area contributed by atoms with E-state index < -0.39 is 28.6 Å². The second-order valence-electron chi connectivity index (χ2n) is 7.44. The van der Waals surface area contributed by atoms with Gasteiger partial charge in [0.25, 0.3) is 0 Å². The zero-order valence-corrected chi connectivity index (χ0v) is 19.9. The smallest absolute Gasteiger partial charge is 0.425 e. The largest absolute Gasteiger partial charge is 0.464 e. The van der Waals surface area contributed by atoms with E-state index in [4.69, 9.17) is 22.1 Å². The van der Waals surface area contributed by atoms with Gasteiger partial charge in [0, 0.05) is 30.5 Å². The molecular weight excluding hydrogens is 450 g/mol. The molecule has 0 fully saturated rings. The Morgan fingerprint density at radius 3 is 2.21 bits per heavy atom. The van der Waals surface area contributed by atoms with Crippen molar-refractivity contribution in [2.75, 3.05) is 19.0 Å². The van der Waals surface area contributed by atoms with Gasteiger partial charge in [-0.25, -0.2) is 4.79 Å². The van der Waals surface area contributed by atoms with Gasteiger partial charge in [-0.1, -0.05) is 30.3 Å². The number of amides is 1. The fourth-order valence-corrected chi connectivity index (χ4v) is 3.17. The van der Waals surface area contributed by atoms with Crippen LogP contribution in [0.3, 0.4) is 0 Å². The zero-order valence-electron chi connectivity index (χ0n) is 19.1. The van der Waals surface area contributed by atoms with Crippen LogP contribution in [0, 0.1) is 12.8 Å². The predicted octanol–water partition coefficient (Wildman–Crippen LogP) is 3.04. The van der Waals surface area contributed by atoms with Crippen molar-refractivity contribution in [1.82, 2.24) is 0 Å². The lowest BCUT2D eigenvalue weighted by Gasteiger charge is -2.18. The van der Waals surface area contributed by atoms with Crippen LogP contribution in [0.5, 0.6) is 0 Å². The molecule has 2 aromatic carbocycles. The number of ether oxygens (including phenoxy) is 2. The minimum atomic E-state index is -3.11. The number of benzene rings is 2. The van der Waals surface area contributed by atoms with Crippen molar-refractivity contribution >= 4 is 44.7 Å². The third kappa shape index (κ3) is 9.92. The van der Waals surface area contributed by atoms with Gasteiger partial charge < -0.3 is 19.6 Å². The Bertz CT molecular complexity index is 1070. The van der Waals surface area contributed by atoms with E-state index in [2.05, 4.69) is 5.32 Å². The molecule has 1 N–H and O–H groups in total. The standard InChI is InChI=1S/C23H29NO5.O3S/c1-15-7-5-8-18-9-6-10-20(21(15)18)24-22(26)19(12-11-16(2)25)13-14-29-23(27)17(3)28-4;1-4(2)3/h5-10,17,19H,11-14H2,1-4H3,(H,24,26);. The summed E-state index contributed by atoms with van der Waals surface area (Å²) in [5.41, 5.74) is 1.81. The molecule has 33 heavy (non-hydrogen) atoms. The molecule has 0 aliphatic rings. The van der Waals surface area contributed by atoms with Crippen molar-refractivity contribution in [1.29, 1.82) is 0 Å². The van der Waals surface area contributed by atoms with Crippen LogP contribution in [-0.4, -0.2) is 50.1 Å². The molecule has 2 unspecified atom stereocenters.